The smallest absolute Gasteiger partial charge is 0.326 e. The summed E-state index contributed by atoms with van der Waals surface area (Å²) in [6, 6.07) is 3.00. The minimum absolute atomic E-state index is 0.311. The number of methoxy groups -OCH3 is 1. The number of aryl methyl sites for hydroxylation is 1. The summed E-state index contributed by atoms with van der Waals surface area (Å²) >= 11 is 0. The fourth-order valence-corrected chi connectivity index (χ4v) is 3.55. The van der Waals surface area contributed by atoms with Gasteiger partial charge in [0.15, 0.2) is 0 Å². The molecule has 118 valence electrons. The normalized spacial score (nSPS) is 34.2. The van der Waals surface area contributed by atoms with Crippen LogP contribution in [-0.2, 0) is 19.1 Å². The van der Waals surface area contributed by atoms with E-state index in [1.807, 2.05) is 0 Å². The van der Waals surface area contributed by atoms with E-state index in [9.17, 15) is 14.4 Å². The van der Waals surface area contributed by atoms with Crippen molar-refractivity contribution in [3.63, 3.8) is 0 Å². The molecule has 3 rings (SSSR count). The molecule has 0 spiro atoms. The van der Waals surface area contributed by atoms with Gasteiger partial charge in [-0.15, -0.1) is 0 Å². The summed E-state index contributed by atoms with van der Waals surface area (Å²) in [4.78, 5) is 38.2. The molecule has 0 bridgehead atoms. The SMILES string of the molecule is COC(=O)[C@@]1(C)N[C@@H](c2ccc(C)o2)[C@H]2C(=O)N(C)C(=O)[C@H]21. The number of ether oxygens (including phenoxy) is 1. The Labute approximate surface area is 127 Å². The van der Waals surface area contributed by atoms with Crippen molar-refractivity contribution in [2.75, 3.05) is 14.2 Å². The number of hydrogen-bond acceptors (Lipinski definition) is 6. The lowest BCUT2D eigenvalue weighted by molar-refractivity contribution is -0.152. The average Bonchev–Trinajstić information content (AvgIpc) is 3.11. The van der Waals surface area contributed by atoms with Gasteiger partial charge in [-0.1, -0.05) is 0 Å². The van der Waals surface area contributed by atoms with Gasteiger partial charge in [-0.3, -0.25) is 24.6 Å². The summed E-state index contributed by atoms with van der Waals surface area (Å²) in [5.74, 6) is -1.48. The zero-order chi connectivity index (χ0) is 16.2. The number of nitrogens with one attached hydrogen (secondary N) is 1. The molecule has 2 saturated heterocycles. The lowest BCUT2D eigenvalue weighted by atomic mass is 9.81. The van der Waals surface area contributed by atoms with Gasteiger partial charge >= 0.3 is 5.97 Å². The van der Waals surface area contributed by atoms with Crippen molar-refractivity contribution < 1.29 is 23.5 Å². The molecule has 0 unspecified atom stereocenters. The Morgan fingerprint density at radius 3 is 2.59 bits per heavy atom. The molecule has 7 nitrogen and oxygen atoms in total. The van der Waals surface area contributed by atoms with Crippen LogP contribution in [0, 0.1) is 18.8 Å². The van der Waals surface area contributed by atoms with E-state index in [2.05, 4.69) is 5.32 Å². The maximum atomic E-state index is 12.5. The van der Waals surface area contributed by atoms with Crippen LogP contribution in [0.2, 0.25) is 0 Å². The van der Waals surface area contributed by atoms with Gasteiger partial charge in [0.25, 0.3) is 0 Å². The van der Waals surface area contributed by atoms with Gasteiger partial charge in [-0.05, 0) is 26.0 Å². The summed E-state index contributed by atoms with van der Waals surface area (Å²) in [7, 11) is 2.70. The van der Waals surface area contributed by atoms with Crippen LogP contribution in [0.3, 0.4) is 0 Å². The Bertz CT molecular complexity index is 667. The molecule has 2 fully saturated rings. The average molecular weight is 306 g/mol. The van der Waals surface area contributed by atoms with Crippen molar-refractivity contribution in [2.45, 2.75) is 25.4 Å². The van der Waals surface area contributed by atoms with Gasteiger partial charge in [0.1, 0.15) is 17.1 Å². The van der Waals surface area contributed by atoms with Crippen molar-refractivity contribution in [2.24, 2.45) is 11.8 Å². The fourth-order valence-electron chi connectivity index (χ4n) is 3.55. The topological polar surface area (TPSA) is 88.8 Å². The summed E-state index contributed by atoms with van der Waals surface area (Å²) in [5.41, 5.74) is -1.26. The Balaban J connectivity index is 2.10. The number of likely N-dealkylation sites (tertiary alicyclic amines) is 1. The summed E-state index contributed by atoms with van der Waals surface area (Å²) in [6.45, 7) is 3.39. The van der Waals surface area contributed by atoms with E-state index in [-0.39, 0.29) is 11.8 Å². The quantitative estimate of drug-likeness (QED) is 0.628. The molecule has 3 heterocycles. The number of carbonyl (C=O) groups excluding carboxylic acids is 3. The summed E-state index contributed by atoms with van der Waals surface area (Å²) in [5, 5.41) is 3.09. The number of hydrogen-bond donors (Lipinski definition) is 1. The molecule has 7 heteroatoms. The highest BCUT2D eigenvalue weighted by Crippen LogP contribution is 2.48. The van der Waals surface area contributed by atoms with E-state index in [1.54, 1.807) is 26.0 Å². The number of esters is 1. The third-order valence-electron chi connectivity index (χ3n) is 4.69. The lowest BCUT2D eigenvalue weighted by Gasteiger charge is -2.27. The molecule has 0 saturated carbocycles. The highest BCUT2D eigenvalue weighted by atomic mass is 16.5. The van der Waals surface area contributed by atoms with Crippen LogP contribution in [0.5, 0.6) is 0 Å². The molecular formula is C15H18N2O5. The number of rotatable bonds is 2. The minimum atomic E-state index is -1.26. The number of furan rings is 1. The van der Waals surface area contributed by atoms with Gasteiger partial charge in [0.05, 0.1) is 25.0 Å². The van der Waals surface area contributed by atoms with Crippen molar-refractivity contribution in [1.29, 1.82) is 0 Å². The number of imide groups is 1. The van der Waals surface area contributed by atoms with E-state index in [4.69, 9.17) is 9.15 Å². The zero-order valence-corrected chi connectivity index (χ0v) is 12.9. The van der Waals surface area contributed by atoms with Gasteiger partial charge < -0.3 is 9.15 Å². The van der Waals surface area contributed by atoms with Crippen molar-refractivity contribution >= 4 is 17.8 Å². The predicted molar refractivity (Wildman–Crippen MR) is 74.5 cm³/mol. The molecule has 2 amide bonds. The zero-order valence-electron chi connectivity index (χ0n) is 12.9. The molecular weight excluding hydrogens is 288 g/mol. The lowest BCUT2D eigenvalue weighted by Crippen LogP contribution is -2.53. The van der Waals surface area contributed by atoms with Gasteiger partial charge in [-0.2, -0.15) is 0 Å². The summed E-state index contributed by atoms with van der Waals surface area (Å²) in [6.07, 6.45) is 0. The first-order valence-electron chi connectivity index (χ1n) is 7.05. The van der Waals surface area contributed by atoms with Crippen molar-refractivity contribution in [3.05, 3.63) is 23.7 Å². The first-order valence-corrected chi connectivity index (χ1v) is 7.05. The van der Waals surface area contributed by atoms with Gasteiger partial charge in [-0.25, -0.2) is 0 Å². The summed E-state index contributed by atoms with van der Waals surface area (Å²) < 4.78 is 10.4. The van der Waals surface area contributed by atoms with Crippen LogP contribution in [0.15, 0.2) is 16.5 Å². The molecule has 2 aliphatic heterocycles. The van der Waals surface area contributed by atoms with E-state index < -0.39 is 29.4 Å². The second kappa shape index (κ2) is 4.67. The highest BCUT2D eigenvalue weighted by molar-refractivity contribution is 6.09. The minimum Gasteiger partial charge on any atom is -0.468 e. The van der Waals surface area contributed by atoms with Crippen molar-refractivity contribution in [1.82, 2.24) is 10.2 Å². The molecule has 22 heavy (non-hydrogen) atoms. The molecule has 4 atom stereocenters. The number of nitrogens with zero attached hydrogens (tertiary/aromatic N) is 1. The molecule has 2 aliphatic rings. The highest BCUT2D eigenvalue weighted by Gasteiger charge is 2.66. The van der Waals surface area contributed by atoms with E-state index in [0.717, 1.165) is 4.90 Å². The molecule has 0 aliphatic carbocycles. The predicted octanol–water partition coefficient (Wildman–Crippen LogP) is 0.395. The van der Waals surface area contributed by atoms with Crippen LogP contribution < -0.4 is 5.32 Å². The third-order valence-corrected chi connectivity index (χ3v) is 4.69. The fraction of sp³-hybridized carbons (Fsp3) is 0.533. The molecule has 1 N–H and O–H groups in total. The van der Waals surface area contributed by atoms with E-state index in [1.165, 1.54) is 14.2 Å². The maximum Gasteiger partial charge on any atom is 0.326 e. The number of fused-ring (bicyclic) bond motifs is 1. The van der Waals surface area contributed by atoms with E-state index in [0.29, 0.717) is 11.5 Å². The van der Waals surface area contributed by atoms with Crippen LogP contribution in [0.1, 0.15) is 24.5 Å². The maximum absolute atomic E-state index is 12.5. The first-order chi connectivity index (χ1) is 10.3. The Hall–Kier alpha value is -2.15. The third kappa shape index (κ3) is 1.75. The molecule has 0 aromatic carbocycles. The second-order valence-electron chi connectivity index (χ2n) is 6.00. The van der Waals surface area contributed by atoms with Crippen LogP contribution in [-0.4, -0.2) is 42.4 Å². The molecule has 1 aromatic rings. The van der Waals surface area contributed by atoms with Crippen LogP contribution in [0.25, 0.3) is 0 Å². The standard InChI is InChI=1S/C15H18N2O5/c1-7-5-6-8(22-7)11-9-10(13(19)17(3)12(9)18)15(2,16-11)14(20)21-4/h5-6,9-11,16H,1-4H3/t9-,10-,11-,15-/m0/s1. The Morgan fingerprint density at radius 2 is 2.05 bits per heavy atom. The van der Waals surface area contributed by atoms with Crippen LogP contribution in [0.4, 0.5) is 0 Å². The van der Waals surface area contributed by atoms with Crippen LogP contribution >= 0.6 is 0 Å². The largest absolute Gasteiger partial charge is 0.468 e. The Kier molecular flexibility index (Phi) is 3.14. The van der Waals surface area contributed by atoms with E-state index >= 15 is 0 Å². The number of amides is 2. The van der Waals surface area contributed by atoms with Gasteiger partial charge in [0, 0.05) is 7.05 Å². The second-order valence-corrected chi connectivity index (χ2v) is 6.00. The monoisotopic (exact) mass is 306 g/mol. The van der Waals surface area contributed by atoms with Gasteiger partial charge in [0.2, 0.25) is 11.8 Å². The molecule has 0 radical (unpaired) electrons. The number of carbonyl (C=O) groups is 3. The van der Waals surface area contributed by atoms with Crippen molar-refractivity contribution in [3.8, 4) is 0 Å². The molecule has 1 aromatic heterocycles. The Morgan fingerprint density at radius 1 is 1.36 bits per heavy atom. The first kappa shape index (κ1) is 14.8.